The first-order valence-corrected chi connectivity index (χ1v) is 6.11. The third-order valence-electron chi connectivity index (χ3n) is 3.41. The summed E-state index contributed by atoms with van der Waals surface area (Å²) in [4.78, 5) is 0. The highest BCUT2D eigenvalue weighted by molar-refractivity contribution is 5.36. The molecule has 1 atom stereocenters. The standard InChI is InChI=1S/C14H17FN2O/c1-10(17)12-8-11(15)2-3-13(12)18-9-14(4-5-14)6-7-16/h2-3,8,10H,4-6,9,17H2,1H3/t10-/m0/s1. The van der Waals surface area contributed by atoms with Crippen LogP contribution >= 0.6 is 0 Å². The molecule has 2 N–H and O–H groups in total. The second-order valence-corrected chi connectivity index (χ2v) is 5.09. The lowest BCUT2D eigenvalue weighted by Gasteiger charge is -2.17. The van der Waals surface area contributed by atoms with E-state index in [0.29, 0.717) is 24.3 Å². The van der Waals surface area contributed by atoms with E-state index < -0.39 is 0 Å². The van der Waals surface area contributed by atoms with Gasteiger partial charge in [-0.1, -0.05) is 0 Å². The van der Waals surface area contributed by atoms with Crippen LogP contribution in [-0.2, 0) is 0 Å². The van der Waals surface area contributed by atoms with Gasteiger partial charge in [-0.05, 0) is 38.0 Å². The molecule has 1 aromatic rings. The van der Waals surface area contributed by atoms with Gasteiger partial charge in [-0.15, -0.1) is 0 Å². The molecule has 1 aromatic carbocycles. The second kappa shape index (κ2) is 4.95. The summed E-state index contributed by atoms with van der Waals surface area (Å²) in [6.07, 6.45) is 2.56. The van der Waals surface area contributed by atoms with Gasteiger partial charge in [0.15, 0.2) is 0 Å². The zero-order valence-corrected chi connectivity index (χ0v) is 10.4. The lowest BCUT2D eigenvalue weighted by molar-refractivity contribution is 0.234. The maximum absolute atomic E-state index is 13.2. The molecule has 1 saturated carbocycles. The van der Waals surface area contributed by atoms with Gasteiger partial charge in [0.1, 0.15) is 11.6 Å². The Labute approximate surface area is 106 Å². The highest BCUT2D eigenvalue weighted by atomic mass is 19.1. The molecule has 2 rings (SSSR count). The summed E-state index contributed by atoms with van der Waals surface area (Å²) in [6.45, 7) is 2.30. The molecule has 96 valence electrons. The molecule has 1 fully saturated rings. The smallest absolute Gasteiger partial charge is 0.124 e. The van der Waals surface area contributed by atoms with Crippen LogP contribution in [0.2, 0.25) is 0 Å². The molecule has 0 bridgehead atoms. The number of hydrogen-bond acceptors (Lipinski definition) is 3. The molecule has 0 spiro atoms. The molecule has 0 amide bonds. The average Bonchev–Trinajstić information content (AvgIpc) is 3.08. The highest BCUT2D eigenvalue weighted by Gasteiger charge is 2.43. The van der Waals surface area contributed by atoms with Crippen LogP contribution in [-0.4, -0.2) is 6.61 Å². The molecule has 0 aromatic heterocycles. The molecule has 0 radical (unpaired) electrons. The summed E-state index contributed by atoms with van der Waals surface area (Å²) < 4.78 is 18.9. The first kappa shape index (κ1) is 12.8. The molecular formula is C14H17FN2O. The normalized spacial score (nSPS) is 17.9. The highest BCUT2D eigenvalue weighted by Crippen LogP contribution is 2.48. The van der Waals surface area contributed by atoms with Gasteiger partial charge in [-0.3, -0.25) is 0 Å². The number of benzene rings is 1. The largest absolute Gasteiger partial charge is 0.493 e. The minimum absolute atomic E-state index is 0.0121. The first-order chi connectivity index (χ1) is 8.56. The molecule has 1 aliphatic carbocycles. The molecule has 0 unspecified atom stereocenters. The minimum atomic E-state index is -0.312. The number of rotatable bonds is 5. The summed E-state index contributed by atoms with van der Waals surface area (Å²) in [5, 5.41) is 8.74. The van der Waals surface area contributed by atoms with Crippen LogP contribution in [0.25, 0.3) is 0 Å². The van der Waals surface area contributed by atoms with Gasteiger partial charge in [0, 0.05) is 23.4 Å². The van der Waals surface area contributed by atoms with Crippen molar-refractivity contribution in [3.8, 4) is 11.8 Å². The van der Waals surface area contributed by atoms with Crippen LogP contribution in [0.5, 0.6) is 5.75 Å². The number of nitrogens with two attached hydrogens (primary N) is 1. The molecule has 4 heteroatoms. The Morgan fingerprint density at radius 1 is 1.56 bits per heavy atom. The van der Waals surface area contributed by atoms with Gasteiger partial charge in [0.2, 0.25) is 0 Å². The van der Waals surface area contributed by atoms with Crippen LogP contribution in [0.1, 0.15) is 37.8 Å². The lowest BCUT2D eigenvalue weighted by Crippen LogP contribution is -2.15. The van der Waals surface area contributed by atoms with E-state index in [0.717, 1.165) is 12.8 Å². The van der Waals surface area contributed by atoms with E-state index in [4.69, 9.17) is 15.7 Å². The third-order valence-corrected chi connectivity index (χ3v) is 3.41. The van der Waals surface area contributed by atoms with Gasteiger partial charge < -0.3 is 10.5 Å². The Balaban J connectivity index is 2.08. The van der Waals surface area contributed by atoms with Gasteiger partial charge in [-0.25, -0.2) is 4.39 Å². The molecule has 0 saturated heterocycles. The number of hydrogen-bond donors (Lipinski definition) is 1. The van der Waals surface area contributed by atoms with Gasteiger partial charge in [0.05, 0.1) is 12.7 Å². The van der Waals surface area contributed by atoms with Crippen LogP contribution in [0, 0.1) is 22.6 Å². The predicted molar refractivity (Wildman–Crippen MR) is 66.4 cm³/mol. The van der Waals surface area contributed by atoms with E-state index in [2.05, 4.69) is 6.07 Å². The topological polar surface area (TPSA) is 59.0 Å². The Hall–Kier alpha value is -1.60. The van der Waals surface area contributed by atoms with Crippen molar-refractivity contribution in [2.75, 3.05) is 6.61 Å². The van der Waals surface area contributed by atoms with Crippen molar-refractivity contribution in [3.63, 3.8) is 0 Å². The zero-order valence-electron chi connectivity index (χ0n) is 10.4. The monoisotopic (exact) mass is 248 g/mol. The van der Waals surface area contributed by atoms with Crippen molar-refractivity contribution >= 4 is 0 Å². The van der Waals surface area contributed by atoms with E-state index in [-0.39, 0.29) is 17.3 Å². The number of ether oxygens (including phenoxy) is 1. The van der Waals surface area contributed by atoms with E-state index in [1.54, 1.807) is 13.0 Å². The summed E-state index contributed by atoms with van der Waals surface area (Å²) in [6, 6.07) is 6.29. The van der Waals surface area contributed by atoms with Gasteiger partial charge in [-0.2, -0.15) is 5.26 Å². The summed E-state index contributed by atoms with van der Waals surface area (Å²) in [7, 11) is 0. The van der Waals surface area contributed by atoms with Gasteiger partial charge >= 0.3 is 0 Å². The fourth-order valence-electron chi connectivity index (χ4n) is 1.95. The van der Waals surface area contributed by atoms with E-state index in [9.17, 15) is 4.39 Å². The van der Waals surface area contributed by atoms with Crippen molar-refractivity contribution in [2.24, 2.45) is 11.1 Å². The summed E-state index contributed by atoms with van der Waals surface area (Å²) in [5.74, 6) is 0.309. The Morgan fingerprint density at radius 3 is 2.83 bits per heavy atom. The maximum atomic E-state index is 13.2. The number of halogens is 1. The van der Waals surface area contributed by atoms with Crippen molar-refractivity contribution in [1.82, 2.24) is 0 Å². The Morgan fingerprint density at radius 2 is 2.28 bits per heavy atom. The Kier molecular flexibility index (Phi) is 3.53. The maximum Gasteiger partial charge on any atom is 0.124 e. The molecule has 0 aliphatic heterocycles. The van der Waals surface area contributed by atoms with Crippen molar-refractivity contribution < 1.29 is 9.13 Å². The van der Waals surface area contributed by atoms with E-state index in [1.165, 1.54) is 12.1 Å². The predicted octanol–water partition coefficient (Wildman–Crippen LogP) is 2.92. The van der Waals surface area contributed by atoms with Crippen molar-refractivity contribution in [2.45, 2.75) is 32.2 Å². The van der Waals surface area contributed by atoms with E-state index in [1.807, 2.05) is 0 Å². The fraction of sp³-hybridized carbons (Fsp3) is 0.500. The first-order valence-electron chi connectivity index (χ1n) is 6.11. The van der Waals surface area contributed by atoms with E-state index >= 15 is 0 Å². The van der Waals surface area contributed by atoms with Crippen molar-refractivity contribution in [1.29, 1.82) is 5.26 Å². The molecule has 3 nitrogen and oxygen atoms in total. The second-order valence-electron chi connectivity index (χ2n) is 5.09. The SMILES string of the molecule is C[C@H](N)c1cc(F)ccc1OCC1(CC#N)CC1. The number of nitrogens with zero attached hydrogens (tertiary/aromatic N) is 1. The lowest BCUT2D eigenvalue weighted by atomic mass is 10.0. The average molecular weight is 248 g/mol. The zero-order chi connectivity index (χ0) is 13.2. The van der Waals surface area contributed by atoms with Crippen LogP contribution < -0.4 is 10.5 Å². The molecular weight excluding hydrogens is 231 g/mol. The number of nitriles is 1. The van der Waals surface area contributed by atoms with Crippen LogP contribution in [0.3, 0.4) is 0 Å². The Bertz CT molecular complexity index is 475. The molecule has 1 aliphatic rings. The van der Waals surface area contributed by atoms with Gasteiger partial charge in [0.25, 0.3) is 0 Å². The summed E-state index contributed by atoms with van der Waals surface area (Å²) >= 11 is 0. The molecule has 18 heavy (non-hydrogen) atoms. The minimum Gasteiger partial charge on any atom is -0.493 e. The summed E-state index contributed by atoms with van der Waals surface area (Å²) in [5.41, 5.74) is 6.48. The quantitative estimate of drug-likeness (QED) is 0.871. The fourth-order valence-corrected chi connectivity index (χ4v) is 1.95. The third kappa shape index (κ3) is 2.80. The molecule has 0 heterocycles. The van der Waals surface area contributed by atoms with Crippen LogP contribution in [0.4, 0.5) is 4.39 Å². The van der Waals surface area contributed by atoms with Crippen molar-refractivity contribution in [3.05, 3.63) is 29.6 Å². The van der Waals surface area contributed by atoms with Crippen LogP contribution in [0.15, 0.2) is 18.2 Å².